The van der Waals surface area contributed by atoms with Crippen LogP contribution in [0.15, 0.2) is 0 Å². The first-order chi connectivity index (χ1) is 7.83. The third-order valence-electron chi connectivity index (χ3n) is 3.15. The summed E-state index contributed by atoms with van der Waals surface area (Å²) in [5.74, 6) is -0.0994. The summed E-state index contributed by atoms with van der Waals surface area (Å²) in [6, 6.07) is 0.529. The van der Waals surface area contributed by atoms with Crippen LogP contribution >= 0.6 is 0 Å². The molecule has 1 saturated carbocycles. The highest BCUT2D eigenvalue weighted by atomic mass is 16.5. The Morgan fingerprint density at radius 3 is 2.56 bits per heavy atom. The quantitative estimate of drug-likeness (QED) is 0.431. The number of ether oxygens (including phenoxy) is 1. The molecular weight excluding hydrogens is 202 g/mol. The van der Waals surface area contributed by atoms with Gasteiger partial charge in [0.15, 0.2) is 0 Å². The summed E-state index contributed by atoms with van der Waals surface area (Å²) in [5, 5.41) is 3.31. The lowest BCUT2D eigenvalue weighted by Crippen LogP contribution is -2.34. The van der Waals surface area contributed by atoms with E-state index in [-0.39, 0.29) is 5.97 Å². The number of unbranched alkanes of at least 4 members (excludes halogenated alkanes) is 1. The van der Waals surface area contributed by atoms with Crippen LogP contribution in [0.2, 0.25) is 0 Å². The van der Waals surface area contributed by atoms with Gasteiger partial charge >= 0.3 is 5.97 Å². The number of hydrogen-bond donors (Lipinski definition) is 1. The second kappa shape index (κ2) is 8.57. The maximum Gasteiger partial charge on any atom is 0.319 e. The molecule has 0 radical (unpaired) electrons. The predicted octanol–water partition coefficient (Wildman–Crippen LogP) is 2.64. The number of nitrogens with one attached hydrogen (secondary N) is 1. The second-order valence-corrected chi connectivity index (χ2v) is 4.64. The lowest BCUT2D eigenvalue weighted by Gasteiger charge is -2.15. The maximum atomic E-state index is 11.4. The average Bonchev–Trinajstić information content (AvgIpc) is 2.55. The molecule has 0 heterocycles. The molecule has 0 saturated heterocycles. The Morgan fingerprint density at radius 1 is 1.25 bits per heavy atom. The lowest BCUT2D eigenvalue weighted by molar-refractivity contribution is -0.142. The molecule has 0 aromatic rings. The fraction of sp³-hybridized carbons (Fsp3) is 0.923. The van der Waals surface area contributed by atoms with Crippen LogP contribution in [-0.4, -0.2) is 25.2 Å². The van der Waals surface area contributed by atoms with Crippen molar-refractivity contribution in [3.8, 4) is 0 Å². The van der Waals surface area contributed by atoms with Crippen LogP contribution < -0.4 is 5.32 Å². The van der Waals surface area contributed by atoms with Gasteiger partial charge in [-0.05, 0) is 19.3 Å². The smallest absolute Gasteiger partial charge is 0.319 e. The van der Waals surface area contributed by atoms with Crippen molar-refractivity contribution in [2.75, 3.05) is 13.2 Å². The van der Waals surface area contributed by atoms with E-state index >= 15 is 0 Å². The first kappa shape index (κ1) is 13.5. The molecule has 0 spiro atoms. The van der Waals surface area contributed by atoms with Crippen molar-refractivity contribution in [2.24, 2.45) is 0 Å². The third-order valence-corrected chi connectivity index (χ3v) is 3.15. The van der Waals surface area contributed by atoms with Gasteiger partial charge in [-0.2, -0.15) is 0 Å². The molecule has 1 aliphatic carbocycles. The van der Waals surface area contributed by atoms with Gasteiger partial charge < -0.3 is 10.1 Å². The van der Waals surface area contributed by atoms with Gasteiger partial charge in [-0.15, -0.1) is 0 Å². The molecule has 0 amide bonds. The van der Waals surface area contributed by atoms with E-state index in [1.54, 1.807) is 0 Å². The molecule has 1 aliphatic rings. The molecule has 3 nitrogen and oxygen atoms in total. The molecule has 1 rings (SSSR count). The topological polar surface area (TPSA) is 38.3 Å². The molecule has 0 aliphatic heterocycles. The number of rotatable bonds is 6. The SMILES string of the molecule is CCCCOC(=O)CNC1CCCCCC1. The van der Waals surface area contributed by atoms with Gasteiger partial charge in [-0.25, -0.2) is 0 Å². The Balaban J connectivity index is 2.05. The van der Waals surface area contributed by atoms with Gasteiger partial charge in [-0.3, -0.25) is 4.79 Å². The summed E-state index contributed by atoms with van der Waals surface area (Å²) in [6.45, 7) is 3.05. The zero-order valence-electron chi connectivity index (χ0n) is 10.5. The fourth-order valence-electron chi connectivity index (χ4n) is 2.09. The molecule has 16 heavy (non-hydrogen) atoms. The Labute approximate surface area is 98.9 Å². The third kappa shape index (κ3) is 6.11. The van der Waals surface area contributed by atoms with Crippen molar-refractivity contribution < 1.29 is 9.53 Å². The van der Waals surface area contributed by atoms with E-state index in [1.807, 2.05) is 0 Å². The summed E-state index contributed by atoms with van der Waals surface area (Å²) in [7, 11) is 0. The van der Waals surface area contributed by atoms with Crippen LogP contribution in [0.3, 0.4) is 0 Å². The van der Waals surface area contributed by atoms with Crippen molar-refractivity contribution in [2.45, 2.75) is 64.3 Å². The molecular formula is C13H25NO2. The minimum atomic E-state index is -0.0994. The van der Waals surface area contributed by atoms with E-state index in [2.05, 4.69) is 12.2 Å². The maximum absolute atomic E-state index is 11.4. The van der Waals surface area contributed by atoms with Crippen molar-refractivity contribution in [1.29, 1.82) is 0 Å². The fourth-order valence-corrected chi connectivity index (χ4v) is 2.09. The minimum Gasteiger partial charge on any atom is -0.465 e. The first-order valence-corrected chi connectivity index (χ1v) is 6.72. The zero-order valence-corrected chi connectivity index (χ0v) is 10.5. The highest BCUT2D eigenvalue weighted by molar-refractivity contribution is 5.71. The second-order valence-electron chi connectivity index (χ2n) is 4.64. The van der Waals surface area contributed by atoms with Crippen molar-refractivity contribution in [3.63, 3.8) is 0 Å². The van der Waals surface area contributed by atoms with E-state index in [4.69, 9.17) is 4.74 Å². The summed E-state index contributed by atoms with van der Waals surface area (Å²) < 4.78 is 5.10. The van der Waals surface area contributed by atoms with Crippen molar-refractivity contribution in [1.82, 2.24) is 5.32 Å². The number of esters is 1. The first-order valence-electron chi connectivity index (χ1n) is 6.72. The van der Waals surface area contributed by atoms with Crippen LogP contribution in [-0.2, 0) is 9.53 Å². The van der Waals surface area contributed by atoms with E-state index in [9.17, 15) is 4.79 Å². The van der Waals surface area contributed by atoms with E-state index in [1.165, 1.54) is 38.5 Å². The molecule has 1 N–H and O–H groups in total. The summed E-state index contributed by atoms with van der Waals surface area (Å²) >= 11 is 0. The van der Waals surface area contributed by atoms with Crippen LogP contribution in [0, 0.1) is 0 Å². The molecule has 0 bridgehead atoms. The van der Waals surface area contributed by atoms with Crippen LogP contribution in [0.4, 0.5) is 0 Å². The van der Waals surface area contributed by atoms with Gasteiger partial charge in [0.25, 0.3) is 0 Å². The molecule has 3 heteroatoms. The largest absolute Gasteiger partial charge is 0.465 e. The average molecular weight is 227 g/mol. The van der Waals surface area contributed by atoms with Gasteiger partial charge in [0, 0.05) is 6.04 Å². The van der Waals surface area contributed by atoms with Gasteiger partial charge in [-0.1, -0.05) is 39.0 Å². The predicted molar refractivity (Wildman–Crippen MR) is 65.4 cm³/mol. The van der Waals surface area contributed by atoms with Gasteiger partial charge in [0.05, 0.1) is 13.2 Å². The summed E-state index contributed by atoms with van der Waals surface area (Å²) in [4.78, 5) is 11.4. The molecule has 0 unspecified atom stereocenters. The Hall–Kier alpha value is -0.570. The van der Waals surface area contributed by atoms with Crippen molar-refractivity contribution in [3.05, 3.63) is 0 Å². The van der Waals surface area contributed by atoms with Crippen molar-refractivity contribution >= 4 is 5.97 Å². The molecule has 0 aromatic heterocycles. The number of carbonyl (C=O) groups excluding carboxylic acids is 1. The minimum absolute atomic E-state index is 0.0994. The lowest BCUT2D eigenvalue weighted by atomic mass is 10.1. The Morgan fingerprint density at radius 2 is 1.94 bits per heavy atom. The highest BCUT2D eigenvalue weighted by Crippen LogP contribution is 2.16. The van der Waals surface area contributed by atoms with Crippen LogP contribution in [0.5, 0.6) is 0 Å². The van der Waals surface area contributed by atoms with Gasteiger partial charge in [0.2, 0.25) is 0 Å². The molecule has 0 aromatic carbocycles. The van der Waals surface area contributed by atoms with E-state index in [0.29, 0.717) is 19.2 Å². The normalized spacial score (nSPS) is 18.1. The Bertz CT molecular complexity index is 186. The van der Waals surface area contributed by atoms with Crippen LogP contribution in [0.25, 0.3) is 0 Å². The van der Waals surface area contributed by atoms with Crippen LogP contribution in [0.1, 0.15) is 58.3 Å². The van der Waals surface area contributed by atoms with E-state index < -0.39 is 0 Å². The highest BCUT2D eigenvalue weighted by Gasteiger charge is 2.13. The number of hydrogen-bond acceptors (Lipinski definition) is 3. The van der Waals surface area contributed by atoms with E-state index in [0.717, 1.165) is 12.8 Å². The summed E-state index contributed by atoms with van der Waals surface area (Å²) in [5.41, 5.74) is 0. The molecule has 0 atom stereocenters. The standard InChI is InChI=1S/C13H25NO2/c1-2-3-10-16-13(15)11-14-12-8-6-4-5-7-9-12/h12,14H,2-11H2,1H3. The Kier molecular flexibility index (Phi) is 7.23. The molecule has 1 fully saturated rings. The number of carbonyl (C=O) groups is 1. The monoisotopic (exact) mass is 227 g/mol. The van der Waals surface area contributed by atoms with Gasteiger partial charge in [0.1, 0.15) is 0 Å². The zero-order chi connectivity index (χ0) is 11.6. The molecule has 94 valence electrons. The summed E-state index contributed by atoms with van der Waals surface area (Å²) in [6.07, 6.45) is 9.74.